The Kier molecular flexibility index (Phi) is 4.85. The van der Waals surface area contributed by atoms with E-state index >= 15 is 0 Å². The average Bonchev–Trinajstić information content (AvgIpc) is 2.66. The average molecular weight is 338 g/mol. The highest BCUT2D eigenvalue weighted by Gasteiger charge is 2.37. The molecule has 3 aromatic rings. The lowest BCUT2D eigenvalue weighted by atomic mass is 10.3. The summed E-state index contributed by atoms with van der Waals surface area (Å²) < 4.78 is 2.46. The minimum absolute atomic E-state index is 0.648. The van der Waals surface area contributed by atoms with Crippen LogP contribution in [-0.4, -0.2) is 28.2 Å². The van der Waals surface area contributed by atoms with Crippen LogP contribution in [0.4, 0.5) is 11.5 Å². The van der Waals surface area contributed by atoms with E-state index in [1.165, 1.54) is 30.1 Å². The van der Waals surface area contributed by atoms with Crippen LogP contribution in [0.1, 0.15) is 20.8 Å². The molecule has 0 aliphatic heterocycles. The molecule has 0 unspecified atom stereocenters. The quantitative estimate of drug-likeness (QED) is 0.617. The molecule has 124 valence electrons. The van der Waals surface area contributed by atoms with Gasteiger partial charge in [-0.1, -0.05) is 39.0 Å². The second-order valence-electron chi connectivity index (χ2n) is 5.92. The number of rotatable bonds is 6. The molecule has 0 radical (unpaired) electrons. The molecular formula is C18H23N5Si. The van der Waals surface area contributed by atoms with Gasteiger partial charge in [0.1, 0.15) is 17.7 Å². The summed E-state index contributed by atoms with van der Waals surface area (Å²) in [4.78, 5) is 17.7. The van der Waals surface area contributed by atoms with Gasteiger partial charge in [0, 0.05) is 5.69 Å². The molecule has 0 saturated heterocycles. The van der Waals surface area contributed by atoms with Gasteiger partial charge >= 0.3 is 0 Å². The van der Waals surface area contributed by atoms with Crippen molar-refractivity contribution in [3.8, 4) is 0 Å². The lowest BCUT2D eigenvalue weighted by Crippen LogP contribution is -2.50. The van der Waals surface area contributed by atoms with Gasteiger partial charge in [-0.3, -0.25) is 0 Å². The second-order valence-corrected chi connectivity index (χ2v) is 10.9. The molecule has 0 aliphatic carbocycles. The molecular weight excluding hydrogens is 314 g/mol. The van der Waals surface area contributed by atoms with Gasteiger partial charge in [-0.15, -0.1) is 0 Å². The normalized spacial score (nSPS) is 11.6. The Hall–Kier alpha value is -2.34. The van der Waals surface area contributed by atoms with E-state index in [4.69, 9.17) is 4.98 Å². The van der Waals surface area contributed by atoms with Crippen molar-refractivity contribution in [3.63, 3.8) is 0 Å². The van der Waals surface area contributed by atoms with Crippen LogP contribution in [0.5, 0.6) is 0 Å². The first kappa shape index (κ1) is 16.5. The van der Waals surface area contributed by atoms with Crippen LogP contribution < -0.4 is 4.57 Å². The fourth-order valence-corrected chi connectivity index (χ4v) is 7.06. The zero-order valence-electron chi connectivity index (χ0n) is 14.5. The fraction of sp³-hybridized carbons (Fsp3) is 0.333. The Morgan fingerprint density at radius 3 is 2.29 bits per heavy atom. The van der Waals surface area contributed by atoms with E-state index in [0.29, 0.717) is 5.65 Å². The van der Waals surface area contributed by atoms with E-state index in [1.54, 1.807) is 6.20 Å². The number of hydrogen-bond acceptors (Lipinski definition) is 5. The standard InChI is InChI=1S/C18H23N5Si/c1-4-24(5-2,6-3)23(15-10-8-7-9-11-15)17-13-20-16-12-19-14-21-18(16)22-17/h7-14H,4-6H2,1-3H3. The molecule has 5 nitrogen and oxygen atoms in total. The van der Waals surface area contributed by atoms with Crippen LogP contribution in [0.2, 0.25) is 18.1 Å². The topological polar surface area (TPSA) is 54.8 Å². The van der Waals surface area contributed by atoms with E-state index in [9.17, 15) is 0 Å². The van der Waals surface area contributed by atoms with E-state index in [0.717, 1.165) is 11.3 Å². The molecule has 0 N–H and O–H groups in total. The third kappa shape index (κ3) is 2.89. The number of para-hydroxylation sites is 1. The van der Waals surface area contributed by atoms with Gasteiger partial charge in [-0.05, 0) is 30.3 Å². The molecule has 0 saturated carbocycles. The van der Waals surface area contributed by atoms with Crippen molar-refractivity contribution in [2.24, 2.45) is 0 Å². The molecule has 1 aromatic carbocycles. The highest BCUT2D eigenvalue weighted by Crippen LogP contribution is 2.36. The maximum atomic E-state index is 4.81. The Labute approximate surface area is 143 Å². The largest absolute Gasteiger partial charge is 0.353 e. The summed E-state index contributed by atoms with van der Waals surface area (Å²) in [6, 6.07) is 14.0. The first-order valence-electron chi connectivity index (χ1n) is 8.52. The van der Waals surface area contributed by atoms with Crippen LogP contribution in [0.25, 0.3) is 11.2 Å². The maximum absolute atomic E-state index is 4.81. The van der Waals surface area contributed by atoms with Gasteiger partial charge in [-0.2, -0.15) is 0 Å². The molecule has 3 rings (SSSR count). The molecule has 6 heteroatoms. The summed E-state index contributed by atoms with van der Waals surface area (Å²) >= 11 is 0. The SMILES string of the molecule is CC[Si](CC)(CC)N(c1ccccc1)c1cnc2cncnc2n1. The van der Waals surface area contributed by atoms with Gasteiger partial charge in [0.15, 0.2) is 13.9 Å². The van der Waals surface area contributed by atoms with Crippen LogP contribution >= 0.6 is 0 Å². The van der Waals surface area contributed by atoms with Crippen molar-refractivity contribution in [2.45, 2.75) is 38.9 Å². The summed E-state index contributed by atoms with van der Waals surface area (Å²) in [5, 5.41) is 0. The highest BCUT2D eigenvalue weighted by molar-refractivity contribution is 6.84. The first-order valence-corrected chi connectivity index (χ1v) is 11.1. The Bertz CT molecular complexity index is 796. The molecule has 0 aliphatic rings. The summed E-state index contributed by atoms with van der Waals surface area (Å²) in [6.07, 6.45) is 5.09. The van der Waals surface area contributed by atoms with Crippen LogP contribution in [-0.2, 0) is 0 Å². The van der Waals surface area contributed by atoms with E-state index in [-0.39, 0.29) is 0 Å². The van der Waals surface area contributed by atoms with Crippen LogP contribution in [0.3, 0.4) is 0 Å². The van der Waals surface area contributed by atoms with Gasteiger partial charge in [-0.25, -0.2) is 19.9 Å². The Morgan fingerprint density at radius 1 is 0.917 bits per heavy atom. The van der Waals surface area contributed by atoms with Crippen molar-refractivity contribution >= 4 is 30.9 Å². The lowest BCUT2D eigenvalue weighted by Gasteiger charge is -2.41. The monoisotopic (exact) mass is 337 g/mol. The van der Waals surface area contributed by atoms with E-state index in [1.807, 2.05) is 12.3 Å². The van der Waals surface area contributed by atoms with Crippen molar-refractivity contribution in [3.05, 3.63) is 49.1 Å². The Balaban J connectivity index is 2.19. The molecule has 0 fully saturated rings. The smallest absolute Gasteiger partial charge is 0.183 e. The summed E-state index contributed by atoms with van der Waals surface area (Å²) in [5.41, 5.74) is 2.57. The first-order chi connectivity index (χ1) is 11.7. The number of aromatic nitrogens is 4. The van der Waals surface area contributed by atoms with Gasteiger partial charge in [0.05, 0.1) is 12.4 Å². The second kappa shape index (κ2) is 7.05. The predicted molar refractivity (Wildman–Crippen MR) is 101 cm³/mol. The number of benzene rings is 1. The summed E-state index contributed by atoms with van der Waals surface area (Å²) in [7, 11) is -1.73. The van der Waals surface area contributed by atoms with Crippen molar-refractivity contribution in [1.82, 2.24) is 19.9 Å². The van der Waals surface area contributed by atoms with Crippen molar-refractivity contribution in [1.29, 1.82) is 0 Å². The number of hydrogen-bond donors (Lipinski definition) is 0. The molecule has 2 aromatic heterocycles. The molecule has 0 amide bonds. The lowest BCUT2D eigenvalue weighted by molar-refractivity contribution is 1.07. The zero-order valence-corrected chi connectivity index (χ0v) is 15.5. The van der Waals surface area contributed by atoms with E-state index < -0.39 is 8.24 Å². The number of nitrogens with zero attached hydrogens (tertiary/aromatic N) is 5. The highest BCUT2D eigenvalue weighted by atomic mass is 28.3. The summed E-state index contributed by atoms with van der Waals surface area (Å²) in [5.74, 6) is 0.893. The molecule has 24 heavy (non-hydrogen) atoms. The third-order valence-electron chi connectivity index (χ3n) is 4.90. The third-order valence-corrected chi connectivity index (χ3v) is 10.3. The Morgan fingerprint density at radius 2 is 1.62 bits per heavy atom. The van der Waals surface area contributed by atoms with Gasteiger partial charge in [0.2, 0.25) is 0 Å². The zero-order chi connectivity index (χ0) is 17.0. The van der Waals surface area contributed by atoms with Crippen molar-refractivity contribution < 1.29 is 0 Å². The number of fused-ring (bicyclic) bond motifs is 1. The predicted octanol–water partition coefficient (Wildman–Crippen LogP) is 4.56. The van der Waals surface area contributed by atoms with Crippen LogP contribution in [0.15, 0.2) is 49.1 Å². The summed E-state index contributed by atoms with van der Waals surface area (Å²) in [6.45, 7) is 6.89. The molecule has 2 heterocycles. The maximum Gasteiger partial charge on any atom is 0.183 e. The molecule has 0 spiro atoms. The minimum atomic E-state index is -1.73. The molecule has 0 bridgehead atoms. The van der Waals surface area contributed by atoms with Gasteiger partial charge < -0.3 is 4.57 Å². The minimum Gasteiger partial charge on any atom is -0.353 e. The number of anilines is 2. The fourth-order valence-electron chi connectivity index (χ4n) is 3.32. The van der Waals surface area contributed by atoms with Gasteiger partial charge in [0.25, 0.3) is 0 Å². The van der Waals surface area contributed by atoms with Crippen LogP contribution in [0, 0.1) is 0 Å². The molecule has 0 atom stereocenters. The van der Waals surface area contributed by atoms with E-state index in [2.05, 4.69) is 64.6 Å². The van der Waals surface area contributed by atoms with Crippen molar-refractivity contribution in [2.75, 3.05) is 4.57 Å².